The van der Waals surface area contributed by atoms with Gasteiger partial charge in [0.1, 0.15) is 0 Å². The van der Waals surface area contributed by atoms with E-state index >= 15 is 0 Å². The van der Waals surface area contributed by atoms with E-state index in [0.29, 0.717) is 0 Å². The Balaban J connectivity index is 1.05. The molecule has 62 heavy (non-hydrogen) atoms. The van der Waals surface area contributed by atoms with Gasteiger partial charge < -0.3 is 4.90 Å². The third kappa shape index (κ3) is 5.39. The van der Waals surface area contributed by atoms with Crippen LogP contribution >= 0.6 is 11.3 Å². The molecule has 0 saturated heterocycles. The predicted octanol–water partition coefficient (Wildman–Crippen LogP) is 17.1. The van der Waals surface area contributed by atoms with Crippen LogP contribution in [0.5, 0.6) is 0 Å². The highest BCUT2D eigenvalue weighted by molar-refractivity contribution is 7.26. The van der Waals surface area contributed by atoms with Crippen LogP contribution in [0, 0.1) is 0 Å². The van der Waals surface area contributed by atoms with Gasteiger partial charge in [-0.1, -0.05) is 191 Å². The lowest BCUT2D eigenvalue weighted by molar-refractivity contribution is 0.660. The average molecular weight is 812 g/mol. The monoisotopic (exact) mass is 811 g/mol. The highest BCUT2D eigenvalue weighted by Crippen LogP contribution is 2.55. The molecule has 2 aliphatic carbocycles. The Hall–Kier alpha value is -7.00. The Labute approximate surface area is 368 Å². The largest absolute Gasteiger partial charge is 0.310 e. The molecule has 0 saturated carbocycles. The van der Waals surface area contributed by atoms with Gasteiger partial charge in [-0.3, -0.25) is 0 Å². The van der Waals surface area contributed by atoms with Gasteiger partial charge in [0.05, 0.1) is 5.69 Å². The molecule has 12 rings (SSSR count). The minimum absolute atomic E-state index is 0.0953. The standard InChI is InChI=1S/C60H45NS/c1-59(2)52-29-10-6-22-50(52)56-47(25-16-30-53(56)59)45-20-7-11-31-54(45)61(41-18-13-17-39(37-41)43-24-15-27-49-46-21-8-12-32-55(46)62-58(43)49)40-35-33-38(34-36-40)42-23-14-26-48-44-19-5-9-28-51(44)60(3,4)57(42)48/h5-37H,1-4H3. The number of nitrogens with zero attached hydrogens (tertiary/aromatic N) is 1. The Morgan fingerprint density at radius 2 is 0.952 bits per heavy atom. The van der Waals surface area contributed by atoms with Gasteiger partial charge in [0.2, 0.25) is 0 Å². The molecule has 0 amide bonds. The number of thiophene rings is 1. The van der Waals surface area contributed by atoms with Gasteiger partial charge in [-0.25, -0.2) is 0 Å². The summed E-state index contributed by atoms with van der Waals surface area (Å²) in [5, 5.41) is 2.63. The van der Waals surface area contributed by atoms with Crippen molar-refractivity contribution < 1.29 is 0 Å². The molecule has 0 aliphatic heterocycles. The van der Waals surface area contributed by atoms with Crippen molar-refractivity contribution in [3.05, 3.63) is 222 Å². The highest BCUT2D eigenvalue weighted by atomic mass is 32.1. The van der Waals surface area contributed by atoms with Crippen LogP contribution in [0.3, 0.4) is 0 Å². The van der Waals surface area contributed by atoms with E-state index in [2.05, 4.69) is 233 Å². The molecule has 1 aromatic heterocycles. The summed E-state index contributed by atoms with van der Waals surface area (Å²) in [6, 6.07) is 74.7. The van der Waals surface area contributed by atoms with Gasteiger partial charge in [-0.05, 0) is 109 Å². The van der Waals surface area contributed by atoms with Crippen LogP contribution < -0.4 is 4.90 Å². The van der Waals surface area contributed by atoms with Gasteiger partial charge in [0, 0.05) is 47.9 Å². The molecule has 0 spiro atoms. The topological polar surface area (TPSA) is 3.24 Å². The fraction of sp³-hybridized carbons (Fsp3) is 0.100. The number of para-hydroxylation sites is 1. The second-order valence-electron chi connectivity index (χ2n) is 18.0. The lowest BCUT2D eigenvalue weighted by atomic mass is 9.79. The molecule has 0 bridgehead atoms. The Bertz CT molecular complexity index is 3420. The molecule has 1 heterocycles. The van der Waals surface area contributed by atoms with Crippen LogP contribution in [-0.2, 0) is 10.8 Å². The smallest absolute Gasteiger partial charge is 0.0540 e. The molecule has 1 nitrogen and oxygen atoms in total. The number of hydrogen-bond acceptors (Lipinski definition) is 2. The van der Waals surface area contributed by atoms with Gasteiger partial charge in [0.25, 0.3) is 0 Å². The quantitative estimate of drug-likeness (QED) is 0.162. The van der Waals surface area contributed by atoms with Crippen molar-refractivity contribution >= 4 is 48.6 Å². The van der Waals surface area contributed by atoms with Crippen molar-refractivity contribution in [2.45, 2.75) is 38.5 Å². The third-order valence-electron chi connectivity index (χ3n) is 13.9. The number of hydrogen-bond donors (Lipinski definition) is 0. The summed E-state index contributed by atoms with van der Waals surface area (Å²) < 4.78 is 2.64. The van der Waals surface area contributed by atoms with Gasteiger partial charge in [0.15, 0.2) is 0 Å². The summed E-state index contributed by atoms with van der Waals surface area (Å²) in [4.78, 5) is 2.48. The van der Waals surface area contributed by atoms with Crippen molar-refractivity contribution in [2.75, 3.05) is 4.90 Å². The van der Waals surface area contributed by atoms with Crippen molar-refractivity contribution in [2.24, 2.45) is 0 Å². The van der Waals surface area contributed by atoms with E-state index in [4.69, 9.17) is 0 Å². The number of anilines is 3. The second kappa shape index (κ2) is 13.8. The van der Waals surface area contributed by atoms with E-state index in [1.165, 1.54) is 98.1 Å². The molecule has 2 heteroatoms. The molecule has 0 atom stereocenters. The van der Waals surface area contributed by atoms with E-state index < -0.39 is 0 Å². The van der Waals surface area contributed by atoms with E-state index in [-0.39, 0.29) is 10.8 Å². The fourth-order valence-corrected chi connectivity index (χ4v) is 12.2. The van der Waals surface area contributed by atoms with E-state index in [0.717, 1.165) is 17.1 Å². The van der Waals surface area contributed by atoms with Gasteiger partial charge >= 0.3 is 0 Å². The molecule has 10 aromatic rings. The minimum atomic E-state index is -0.104. The summed E-state index contributed by atoms with van der Waals surface area (Å²) in [5.74, 6) is 0. The van der Waals surface area contributed by atoms with Crippen LogP contribution in [-0.4, -0.2) is 0 Å². The fourth-order valence-electron chi connectivity index (χ4n) is 11.0. The zero-order valence-electron chi connectivity index (χ0n) is 35.4. The Morgan fingerprint density at radius 3 is 1.79 bits per heavy atom. The number of fused-ring (bicyclic) bond motifs is 9. The zero-order valence-corrected chi connectivity index (χ0v) is 36.2. The first-order valence-electron chi connectivity index (χ1n) is 21.8. The van der Waals surface area contributed by atoms with Gasteiger partial charge in [-0.2, -0.15) is 0 Å². The van der Waals surface area contributed by atoms with Crippen molar-refractivity contribution in [3.8, 4) is 55.6 Å². The van der Waals surface area contributed by atoms with Gasteiger partial charge in [-0.15, -0.1) is 11.3 Å². The minimum Gasteiger partial charge on any atom is -0.310 e. The lowest BCUT2D eigenvalue weighted by Gasteiger charge is -2.29. The zero-order chi connectivity index (χ0) is 41.7. The first-order valence-corrected chi connectivity index (χ1v) is 22.6. The first kappa shape index (κ1) is 36.8. The molecule has 0 radical (unpaired) electrons. The summed E-state index contributed by atoms with van der Waals surface area (Å²) in [6.07, 6.45) is 0. The van der Waals surface area contributed by atoms with Crippen molar-refractivity contribution in [3.63, 3.8) is 0 Å². The maximum absolute atomic E-state index is 2.48. The van der Waals surface area contributed by atoms with Crippen LogP contribution in [0.1, 0.15) is 49.9 Å². The Morgan fingerprint density at radius 1 is 0.371 bits per heavy atom. The summed E-state index contributed by atoms with van der Waals surface area (Å²) >= 11 is 1.89. The van der Waals surface area contributed by atoms with Crippen LogP contribution in [0.4, 0.5) is 17.1 Å². The lowest BCUT2D eigenvalue weighted by Crippen LogP contribution is -2.16. The average Bonchev–Trinajstić information content (AvgIpc) is 3.90. The Kier molecular flexibility index (Phi) is 8.17. The van der Waals surface area contributed by atoms with E-state index in [9.17, 15) is 0 Å². The SMILES string of the molecule is CC1(C)c2ccccc2-c2c(-c3ccccc3N(c3ccc(-c4cccc5c4C(C)(C)c4ccccc4-5)cc3)c3cccc(-c4cccc5c4sc4ccccc45)c3)cccc21. The van der Waals surface area contributed by atoms with Crippen LogP contribution in [0.25, 0.3) is 75.8 Å². The third-order valence-corrected chi connectivity index (χ3v) is 15.1. The van der Waals surface area contributed by atoms with Crippen molar-refractivity contribution in [1.29, 1.82) is 0 Å². The molecular weight excluding hydrogens is 767 g/mol. The first-order chi connectivity index (χ1) is 30.3. The van der Waals surface area contributed by atoms with Crippen LogP contribution in [0.15, 0.2) is 200 Å². The number of benzene rings is 9. The molecular formula is C60H45NS. The van der Waals surface area contributed by atoms with Crippen LogP contribution in [0.2, 0.25) is 0 Å². The number of rotatable bonds is 6. The van der Waals surface area contributed by atoms with E-state index in [1.807, 2.05) is 11.3 Å². The predicted molar refractivity (Wildman–Crippen MR) is 265 cm³/mol. The normalized spacial score (nSPS) is 14.1. The maximum Gasteiger partial charge on any atom is 0.0540 e. The summed E-state index contributed by atoms with van der Waals surface area (Å²) in [6.45, 7) is 9.48. The molecule has 9 aromatic carbocycles. The maximum atomic E-state index is 2.48. The van der Waals surface area contributed by atoms with E-state index in [1.54, 1.807) is 0 Å². The molecule has 0 fully saturated rings. The molecule has 0 unspecified atom stereocenters. The van der Waals surface area contributed by atoms with Crippen molar-refractivity contribution in [1.82, 2.24) is 0 Å². The highest BCUT2D eigenvalue weighted by Gasteiger charge is 2.38. The summed E-state index contributed by atoms with van der Waals surface area (Å²) in [7, 11) is 0. The molecule has 2 aliphatic rings. The second-order valence-corrected chi connectivity index (χ2v) is 19.1. The molecule has 296 valence electrons. The molecule has 0 N–H and O–H groups in total. The summed E-state index contributed by atoms with van der Waals surface area (Å²) in [5.41, 5.74) is 21.5.